The Bertz CT molecular complexity index is 3790. The zero-order valence-corrected chi connectivity index (χ0v) is 52.5. The van der Waals surface area contributed by atoms with Gasteiger partial charge in [0.05, 0.1) is 11.0 Å². The summed E-state index contributed by atoms with van der Waals surface area (Å²) in [7, 11) is -3.55. The Morgan fingerprint density at radius 2 is 0.718 bits per heavy atom. The zero-order chi connectivity index (χ0) is 52.4. The summed E-state index contributed by atoms with van der Waals surface area (Å²) < 4.78 is 2.27. The van der Waals surface area contributed by atoms with Crippen LogP contribution in [0.2, 0.25) is 26.2 Å². The molecule has 0 radical (unpaired) electrons. The quantitative estimate of drug-likeness (QED) is 0.0673. The average Bonchev–Trinajstić information content (AvgIpc) is 4.17. The van der Waals surface area contributed by atoms with Crippen LogP contribution in [0.4, 0.5) is 0 Å². The minimum absolute atomic E-state index is 0. The number of imidazole rings is 1. The fourth-order valence-corrected chi connectivity index (χ4v) is 23.6. The second-order valence-corrected chi connectivity index (χ2v) is 34.1. The molecule has 0 N–H and O–H groups in total. The van der Waals surface area contributed by atoms with Crippen LogP contribution in [0.25, 0.3) is 44.7 Å². The molecule has 0 bridgehead atoms. The second kappa shape index (κ2) is 24.3. The maximum Gasteiger partial charge on any atom is 1.00 e. The van der Waals surface area contributed by atoms with Crippen LogP contribution in [0, 0.1) is 24.7 Å². The van der Waals surface area contributed by atoms with Gasteiger partial charge in [-0.25, -0.2) is 4.98 Å². The molecule has 0 unspecified atom stereocenters. The van der Waals surface area contributed by atoms with E-state index in [1.165, 1.54) is 80.3 Å². The molecule has 2 aliphatic heterocycles. The van der Waals surface area contributed by atoms with Gasteiger partial charge >= 0.3 is 44.8 Å². The van der Waals surface area contributed by atoms with Crippen molar-refractivity contribution in [1.29, 1.82) is 0 Å². The van der Waals surface area contributed by atoms with Crippen molar-refractivity contribution in [2.45, 2.75) is 26.2 Å². The fraction of sp³-hybridized carbons (Fsp3) is 0.0714. The molecule has 1 aromatic heterocycles. The first-order valence-electron chi connectivity index (χ1n) is 25.9. The van der Waals surface area contributed by atoms with E-state index in [0.29, 0.717) is 0 Å². The van der Waals surface area contributed by atoms with E-state index in [2.05, 4.69) is 286 Å². The molecule has 11 aromatic rings. The van der Waals surface area contributed by atoms with Crippen molar-refractivity contribution in [3.05, 3.63) is 273 Å². The number of hydrogen-bond acceptors (Lipinski definition) is 1. The predicted octanol–water partition coefficient (Wildman–Crippen LogP) is 11.1. The van der Waals surface area contributed by atoms with Crippen LogP contribution < -0.4 is 52.6 Å². The summed E-state index contributed by atoms with van der Waals surface area (Å²) in [5.41, 5.74) is 10.4. The molecule has 0 saturated carbocycles. The number of aromatic nitrogens is 2. The predicted molar refractivity (Wildman–Crippen MR) is 336 cm³/mol. The SMILES string of the molecule is Cn1c(-c2ccccc2)nc2cc([PH+](c3ccccc3)c3ccccc3)c([PH+](c3ccccc3)c3ccccc3)cc21.[Au+].[Au+].[C-]#Cc1ccc2c(c1)-c1ccccc1[Si]2(C)C.[C-]#Cc1ccc2c(c1)-c1ccccc1[Si]2(C)C. The molecular formula is C70H58Au2N2P2Si2+2. The van der Waals surface area contributed by atoms with Gasteiger partial charge in [0.1, 0.15) is 69.6 Å². The van der Waals surface area contributed by atoms with Gasteiger partial charge in [-0.2, -0.15) is 0 Å². The Balaban J connectivity index is 0.000000168. The molecule has 13 rings (SSSR count). The Morgan fingerprint density at radius 3 is 1.10 bits per heavy atom. The van der Waals surface area contributed by atoms with Gasteiger partial charge in [-0.15, -0.1) is 35.4 Å². The Kier molecular flexibility index (Phi) is 17.5. The molecule has 10 aromatic carbocycles. The largest absolute Gasteiger partial charge is 1.00 e. The van der Waals surface area contributed by atoms with Crippen molar-refractivity contribution < 1.29 is 44.8 Å². The Morgan fingerprint density at radius 1 is 0.385 bits per heavy atom. The van der Waals surface area contributed by atoms with Crippen molar-refractivity contribution in [2.24, 2.45) is 7.05 Å². The van der Waals surface area contributed by atoms with Crippen molar-refractivity contribution in [2.75, 3.05) is 0 Å². The third kappa shape index (κ3) is 10.9. The maximum absolute atomic E-state index is 7.25. The first-order chi connectivity index (χ1) is 37.1. The third-order valence-electron chi connectivity index (χ3n) is 15.3. The molecule has 0 amide bonds. The van der Waals surface area contributed by atoms with E-state index in [0.717, 1.165) is 28.0 Å². The first kappa shape index (κ1) is 56.3. The van der Waals surface area contributed by atoms with E-state index < -0.39 is 32.0 Å². The van der Waals surface area contributed by atoms with Gasteiger partial charge < -0.3 is 17.4 Å². The van der Waals surface area contributed by atoms with Crippen LogP contribution in [-0.2, 0) is 51.8 Å². The molecule has 78 heavy (non-hydrogen) atoms. The van der Waals surface area contributed by atoms with E-state index in [1.54, 1.807) is 0 Å². The molecule has 2 aliphatic rings. The third-order valence-corrected chi connectivity index (χ3v) is 28.2. The summed E-state index contributed by atoms with van der Waals surface area (Å²) in [5, 5.41) is 14.4. The number of aryl methyl sites for hydroxylation is 1. The molecule has 0 atom stereocenters. The van der Waals surface area contributed by atoms with Gasteiger partial charge in [-0.05, 0) is 91.5 Å². The number of rotatable bonds is 7. The van der Waals surface area contributed by atoms with Crippen LogP contribution in [0.3, 0.4) is 0 Å². The van der Waals surface area contributed by atoms with Gasteiger partial charge in [-0.1, -0.05) is 190 Å². The summed E-state index contributed by atoms with van der Waals surface area (Å²) in [4.78, 5) is 5.25. The number of nitrogens with zero attached hydrogens (tertiary/aromatic N) is 2. The molecule has 386 valence electrons. The average molecular weight is 1440 g/mol. The van der Waals surface area contributed by atoms with Crippen molar-refractivity contribution >= 4 is 95.6 Å². The molecule has 3 heterocycles. The first-order valence-corrected chi connectivity index (χ1v) is 34.9. The summed E-state index contributed by atoms with van der Waals surface area (Å²) in [6, 6.07) is 89.7. The van der Waals surface area contributed by atoms with Gasteiger partial charge in [0.15, 0.2) is 0 Å². The normalized spacial score (nSPS) is 12.6. The van der Waals surface area contributed by atoms with Crippen LogP contribution in [0.5, 0.6) is 0 Å². The summed E-state index contributed by atoms with van der Waals surface area (Å²) in [6.07, 6.45) is 14.5. The summed E-state index contributed by atoms with van der Waals surface area (Å²) in [6.45, 7) is 9.58. The van der Waals surface area contributed by atoms with Gasteiger partial charge in [0, 0.05) is 24.7 Å². The number of fused-ring (bicyclic) bond motifs is 7. The van der Waals surface area contributed by atoms with Gasteiger partial charge in [0.25, 0.3) is 0 Å². The second-order valence-electron chi connectivity index (χ2n) is 20.6. The molecule has 8 heteroatoms. The van der Waals surface area contributed by atoms with E-state index in [4.69, 9.17) is 17.8 Å². The molecule has 0 spiro atoms. The maximum atomic E-state index is 7.25. The summed E-state index contributed by atoms with van der Waals surface area (Å²) >= 11 is 0. The van der Waals surface area contributed by atoms with Crippen LogP contribution in [-0.4, -0.2) is 25.7 Å². The monoisotopic (exact) mass is 1440 g/mol. The van der Waals surface area contributed by atoms with E-state index in [1.807, 2.05) is 12.1 Å². The molecule has 0 saturated heterocycles. The van der Waals surface area contributed by atoms with Crippen molar-refractivity contribution in [3.8, 4) is 45.5 Å². The minimum Gasteiger partial charge on any atom is -0.366 e. The van der Waals surface area contributed by atoms with Crippen molar-refractivity contribution in [1.82, 2.24) is 9.55 Å². The van der Waals surface area contributed by atoms with E-state index in [9.17, 15) is 0 Å². The van der Waals surface area contributed by atoms with Crippen LogP contribution >= 0.6 is 15.8 Å². The minimum atomic E-state index is -1.51. The molecule has 0 fully saturated rings. The Labute approximate surface area is 497 Å². The van der Waals surface area contributed by atoms with E-state index in [-0.39, 0.29) is 44.8 Å². The van der Waals surface area contributed by atoms with Crippen LogP contribution in [0.1, 0.15) is 11.1 Å². The number of benzene rings is 10. The van der Waals surface area contributed by atoms with Crippen molar-refractivity contribution in [3.63, 3.8) is 0 Å². The fourth-order valence-electron chi connectivity index (χ4n) is 11.5. The topological polar surface area (TPSA) is 17.8 Å². The molecule has 0 aliphatic carbocycles. The zero-order valence-electron chi connectivity index (χ0n) is 44.2. The molecule has 2 nitrogen and oxygen atoms in total. The molecular weight excluding hydrogens is 1380 g/mol. The van der Waals surface area contributed by atoms with Gasteiger partial charge in [-0.3, -0.25) is 11.8 Å². The van der Waals surface area contributed by atoms with Gasteiger partial charge in [0.2, 0.25) is 0 Å². The van der Waals surface area contributed by atoms with E-state index >= 15 is 0 Å². The smallest absolute Gasteiger partial charge is 0.366 e. The van der Waals surface area contributed by atoms with Crippen LogP contribution in [0.15, 0.2) is 249 Å². The summed E-state index contributed by atoms with van der Waals surface area (Å²) in [5.74, 6) is 5.96. The standard InChI is InChI=1S/C38H30N2P2.2C16H13Si.2Au/c1-40-35-28-37(42(32-23-13-5-14-24-32)33-25-15-6-16-26-33)36(27-34(35)39-38(40)29-17-7-2-8-18-29)41(30-19-9-3-10-20-30)31-21-11-4-12-22-31;2*1-4-12-9-10-16-14(11-12)13-7-5-6-8-15(13)17(16,2)3;;/h2-28H,1H3;2*5-11H,2-3H3;;/q;2*-1;2*+1/p+2. The Hall–Kier alpha value is -6.44. The number of hydrogen-bond donors (Lipinski definition) is 0.